The molecule has 0 radical (unpaired) electrons. The van der Waals surface area contributed by atoms with Crippen LogP contribution in [0.15, 0.2) is 48.4 Å². The summed E-state index contributed by atoms with van der Waals surface area (Å²) in [6.45, 7) is 0.801. The lowest BCUT2D eigenvalue weighted by Crippen LogP contribution is -2.30. The zero-order valence-electron chi connectivity index (χ0n) is 12.5. The van der Waals surface area contributed by atoms with Crippen molar-refractivity contribution in [3.05, 3.63) is 59.5 Å². The number of thiophene rings is 1. The molecule has 1 unspecified atom stereocenters. The molecule has 1 aliphatic rings. The number of nitrogens with zero attached hydrogens (tertiary/aromatic N) is 3. The van der Waals surface area contributed by atoms with E-state index in [9.17, 15) is 4.79 Å². The van der Waals surface area contributed by atoms with Gasteiger partial charge in [0.25, 0.3) is 5.91 Å². The Labute approximate surface area is 138 Å². The van der Waals surface area contributed by atoms with E-state index < -0.39 is 0 Å². The predicted octanol–water partition coefficient (Wildman–Crippen LogP) is 3.51. The molecule has 6 heteroatoms. The van der Waals surface area contributed by atoms with Crippen LogP contribution < -0.4 is 0 Å². The standard InChI is InChI=1S/C17H16N4OS/c22-17(13-7-16(23-11-13)14-9-19-20-10-14)21-6-2-4-15(21)12-3-1-5-18-8-12/h1,3,5,7-11,15H,2,4,6H2,(H,19,20). The number of nitrogens with one attached hydrogen (secondary N) is 1. The fourth-order valence-corrected chi connectivity index (χ4v) is 3.95. The predicted molar refractivity (Wildman–Crippen MR) is 89.1 cm³/mol. The number of H-pyrrole nitrogens is 1. The van der Waals surface area contributed by atoms with Crippen molar-refractivity contribution in [2.45, 2.75) is 18.9 Å². The van der Waals surface area contributed by atoms with Gasteiger partial charge in [0.2, 0.25) is 0 Å². The Morgan fingerprint density at radius 1 is 1.39 bits per heavy atom. The number of carbonyl (C=O) groups excluding carboxylic acids is 1. The summed E-state index contributed by atoms with van der Waals surface area (Å²) < 4.78 is 0. The topological polar surface area (TPSA) is 61.9 Å². The molecular formula is C17H16N4OS. The highest BCUT2D eigenvalue weighted by Crippen LogP contribution is 2.34. The van der Waals surface area contributed by atoms with Crippen molar-refractivity contribution in [2.75, 3.05) is 6.54 Å². The Balaban J connectivity index is 1.59. The molecule has 0 saturated carbocycles. The van der Waals surface area contributed by atoms with Crippen LogP contribution in [0.25, 0.3) is 10.4 Å². The van der Waals surface area contributed by atoms with Gasteiger partial charge in [-0.1, -0.05) is 6.07 Å². The molecule has 0 spiro atoms. The number of hydrogen-bond acceptors (Lipinski definition) is 4. The molecule has 1 fully saturated rings. The maximum absolute atomic E-state index is 12.9. The van der Waals surface area contributed by atoms with Gasteiger partial charge in [0.15, 0.2) is 0 Å². The van der Waals surface area contributed by atoms with E-state index >= 15 is 0 Å². The maximum atomic E-state index is 12.9. The highest BCUT2D eigenvalue weighted by molar-refractivity contribution is 7.13. The van der Waals surface area contributed by atoms with Gasteiger partial charge in [-0.2, -0.15) is 5.10 Å². The molecule has 0 bridgehead atoms. The van der Waals surface area contributed by atoms with Crippen molar-refractivity contribution >= 4 is 17.2 Å². The number of pyridine rings is 1. The quantitative estimate of drug-likeness (QED) is 0.802. The number of likely N-dealkylation sites (tertiary alicyclic amines) is 1. The average molecular weight is 324 g/mol. The van der Waals surface area contributed by atoms with E-state index in [0.717, 1.165) is 41.0 Å². The van der Waals surface area contributed by atoms with Crippen LogP contribution in [0, 0.1) is 0 Å². The van der Waals surface area contributed by atoms with E-state index in [1.165, 1.54) is 0 Å². The van der Waals surface area contributed by atoms with E-state index in [1.807, 2.05) is 40.9 Å². The summed E-state index contributed by atoms with van der Waals surface area (Å²) in [7, 11) is 0. The largest absolute Gasteiger partial charge is 0.332 e. The number of hydrogen-bond donors (Lipinski definition) is 1. The van der Waals surface area contributed by atoms with Gasteiger partial charge in [-0.05, 0) is 30.5 Å². The molecule has 1 aliphatic heterocycles. The molecule has 23 heavy (non-hydrogen) atoms. The summed E-state index contributed by atoms with van der Waals surface area (Å²) in [4.78, 5) is 20.1. The normalized spacial score (nSPS) is 17.6. The van der Waals surface area contributed by atoms with E-state index in [1.54, 1.807) is 23.7 Å². The van der Waals surface area contributed by atoms with Gasteiger partial charge >= 0.3 is 0 Å². The van der Waals surface area contributed by atoms with Gasteiger partial charge < -0.3 is 4.90 Å². The lowest BCUT2D eigenvalue weighted by Gasteiger charge is -2.24. The molecule has 1 amide bonds. The Morgan fingerprint density at radius 3 is 3.13 bits per heavy atom. The van der Waals surface area contributed by atoms with Crippen LogP contribution in [0.2, 0.25) is 0 Å². The van der Waals surface area contributed by atoms with Crippen LogP contribution in [-0.4, -0.2) is 32.5 Å². The third-order valence-electron chi connectivity index (χ3n) is 4.21. The molecule has 4 rings (SSSR count). The van der Waals surface area contributed by atoms with Crippen molar-refractivity contribution < 1.29 is 4.79 Å². The molecule has 1 saturated heterocycles. The van der Waals surface area contributed by atoms with Gasteiger partial charge in [0.1, 0.15) is 0 Å². The van der Waals surface area contributed by atoms with Crippen LogP contribution in [0.4, 0.5) is 0 Å². The van der Waals surface area contributed by atoms with Crippen LogP contribution in [0.3, 0.4) is 0 Å². The average Bonchev–Trinajstić information content (AvgIpc) is 3.35. The second-order valence-corrected chi connectivity index (χ2v) is 6.54. The molecule has 3 aromatic heterocycles. The minimum absolute atomic E-state index is 0.0994. The molecule has 0 aliphatic carbocycles. The number of rotatable bonds is 3. The fourth-order valence-electron chi connectivity index (χ4n) is 3.08. The lowest BCUT2D eigenvalue weighted by molar-refractivity contribution is 0.0736. The summed E-state index contributed by atoms with van der Waals surface area (Å²) in [5.74, 6) is 0.0994. The molecule has 0 aromatic carbocycles. The second-order valence-electron chi connectivity index (χ2n) is 5.63. The fraction of sp³-hybridized carbons (Fsp3) is 0.235. The van der Waals surface area contributed by atoms with Gasteiger partial charge in [-0.25, -0.2) is 0 Å². The first-order valence-electron chi connectivity index (χ1n) is 7.61. The van der Waals surface area contributed by atoms with Crippen molar-refractivity contribution in [2.24, 2.45) is 0 Å². The molecular weight excluding hydrogens is 308 g/mol. The number of amides is 1. The summed E-state index contributed by atoms with van der Waals surface area (Å²) in [6, 6.07) is 6.07. The lowest BCUT2D eigenvalue weighted by atomic mass is 10.1. The van der Waals surface area contributed by atoms with Crippen LogP contribution in [0.5, 0.6) is 0 Å². The summed E-state index contributed by atoms with van der Waals surface area (Å²) >= 11 is 1.57. The first-order valence-corrected chi connectivity index (χ1v) is 8.49. The second kappa shape index (κ2) is 5.96. The minimum Gasteiger partial charge on any atom is -0.332 e. The molecule has 116 valence electrons. The molecule has 4 heterocycles. The minimum atomic E-state index is 0.0994. The Morgan fingerprint density at radius 2 is 2.35 bits per heavy atom. The van der Waals surface area contributed by atoms with Gasteiger partial charge in [0.05, 0.1) is 17.8 Å². The molecule has 3 aromatic rings. The number of aromatic amines is 1. The van der Waals surface area contributed by atoms with E-state index in [2.05, 4.69) is 15.2 Å². The van der Waals surface area contributed by atoms with E-state index in [-0.39, 0.29) is 11.9 Å². The zero-order valence-corrected chi connectivity index (χ0v) is 13.3. The molecule has 1 atom stereocenters. The summed E-state index contributed by atoms with van der Waals surface area (Å²) in [5, 5.41) is 8.70. The Bertz CT molecular complexity index is 797. The molecule has 1 N–H and O–H groups in total. The first kappa shape index (κ1) is 14.1. The molecule has 5 nitrogen and oxygen atoms in total. The van der Waals surface area contributed by atoms with E-state index in [0.29, 0.717) is 0 Å². The SMILES string of the molecule is O=C(c1csc(-c2cn[nH]c2)c1)N1CCCC1c1cccnc1. The van der Waals surface area contributed by atoms with Crippen molar-refractivity contribution in [3.8, 4) is 10.4 Å². The van der Waals surface area contributed by atoms with E-state index in [4.69, 9.17) is 0 Å². The number of carbonyl (C=O) groups is 1. The third kappa shape index (κ3) is 2.66. The third-order valence-corrected chi connectivity index (χ3v) is 5.19. The highest BCUT2D eigenvalue weighted by Gasteiger charge is 2.31. The van der Waals surface area contributed by atoms with Crippen molar-refractivity contribution in [1.29, 1.82) is 0 Å². The first-order chi connectivity index (χ1) is 11.3. The summed E-state index contributed by atoms with van der Waals surface area (Å²) in [5.41, 5.74) is 2.88. The van der Waals surface area contributed by atoms with Gasteiger partial charge in [0, 0.05) is 41.0 Å². The summed E-state index contributed by atoms with van der Waals surface area (Å²) in [6.07, 6.45) is 9.27. The van der Waals surface area contributed by atoms with Crippen LogP contribution >= 0.6 is 11.3 Å². The van der Waals surface area contributed by atoms with Crippen molar-refractivity contribution in [3.63, 3.8) is 0 Å². The maximum Gasteiger partial charge on any atom is 0.255 e. The highest BCUT2D eigenvalue weighted by atomic mass is 32.1. The van der Waals surface area contributed by atoms with Crippen LogP contribution in [-0.2, 0) is 0 Å². The monoisotopic (exact) mass is 324 g/mol. The van der Waals surface area contributed by atoms with Gasteiger partial charge in [-0.15, -0.1) is 11.3 Å². The van der Waals surface area contributed by atoms with Crippen molar-refractivity contribution in [1.82, 2.24) is 20.1 Å². The zero-order chi connectivity index (χ0) is 15.6. The Hall–Kier alpha value is -2.47. The van der Waals surface area contributed by atoms with Crippen LogP contribution in [0.1, 0.15) is 34.8 Å². The van der Waals surface area contributed by atoms with Gasteiger partial charge in [-0.3, -0.25) is 14.9 Å². The number of aromatic nitrogens is 3. The smallest absolute Gasteiger partial charge is 0.255 e. The Kier molecular flexibility index (Phi) is 3.67.